The first kappa shape index (κ1) is 29.5. The molecule has 0 N–H and O–H groups in total. The predicted molar refractivity (Wildman–Crippen MR) is 218 cm³/mol. The zero-order valence-electron chi connectivity index (χ0n) is 29.1. The molecule has 9 aromatic rings. The Labute approximate surface area is 309 Å². The maximum Gasteiger partial charge on any atom is 0.137 e. The van der Waals surface area contributed by atoms with E-state index in [1.165, 1.54) is 21.9 Å². The summed E-state index contributed by atoms with van der Waals surface area (Å²) in [6, 6.07) is 47.1. The number of benzene rings is 6. The molecule has 0 bridgehead atoms. The maximum absolute atomic E-state index is 10.2. The fourth-order valence-corrected chi connectivity index (χ4v) is 9.51. The van der Waals surface area contributed by atoms with Crippen molar-refractivity contribution in [3.05, 3.63) is 173 Å². The Morgan fingerprint density at radius 1 is 0.611 bits per heavy atom. The molecule has 5 nitrogen and oxygen atoms in total. The molecule has 3 unspecified atom stereocenters. The van der Waals surface area contributed by atoms with Gasteiger partial charge in [-0.3, -0.25) is 0 Å². The number of para-hydroxylation sites is 4. The van der Waals surface area contributed by atoms with Crippen molar-refractivity contribution in [2.45, 2.75) is 24.4 Å². The van der Waals surface area contributed by atoms with Crippen molar-refractivity contribution in [1.29, 1.82) is 5.26 Å². The van der Waals surface area contributed by atoms with Crippen LogP contribution in [0.3, 0.4) is 0 Å². The molecule has 3 atom stereocenters. The molecule has 1 aliphatic heterocycles. The van der Waals surface area contributed by atoms with E-state index in [0.29, 0.717) is 5.56 Å². The van der Waals surface area contributed by atoms with Crippen molar-refractivity contribution in [3.63, 3.8) is 0 Å². The van der Waals surface area contributed by atoms with Crippen LogP contribution in [0.25, 0.3) is 72.4 Å². The van der Waals surface area contributed by atoms with Gasteiger partial charge in [-0.1, -0.05) is 103 Å². The van der Waals surface area contributed by atoms with E-state index >= 15 is 0 Å². The molecule has 5 heteroatoms. The van der Waals surface area contributed by atoms with Crippen molar-refractivity contribution in [1.82, 2.24) is 4.57 Å². The quantitative estimate of drug-likeness (QED) is 0.185. The summed E-state index contributed by atoms with van der Waals surface area (Å²) in [6.45, 7) is 0. The van der Waals surface area contributed by atoms with Crippen LogP contribution in [0, 0.1) is 11.3 Å². The number of hydrogen-bond acceptors (Lipinski definition) is 4. The van der Waals surface area contributed by atoms with Crippen LogP contribution < -0.4 is 15.5 Å². The van der Waals surface area contributed by atoms with Gasteiger partial charge >= 0.3 is 0 Å². The van der Waals surface area contributed by atoms with E-state index in [1.807, 2.05) is 30.3 Å². The number of furan rings is 2. The molecule has 0 amide bonds. The fourth-order valence-electron chi connectivity index (χ4n) is 9.51. The van der Waals surface area contributed by atoms with Crippen LogP contribution >= 0.6 is 0 Å². The largest absolute Gasteiger partial charge is 0.456 e. The first-order valence-electron chi connectivity index (χ1n) is 18.6. The molecule has 54 heavy (non-hydrogen) atoms. The summed E-state index contributed by atoms with van der Waals surface area (Å²) >= 11 is 0. The molecular weight excluding hydrogens is 663 g/mol. The normalized spacial score (nSPS) is 18.8. The zero-order chi connectivity index (χ0) is 35.5. The van der Waals surface area contributed by atoms with Crippen LogP contribution in [0.1, 0.15) is 35.1 Å². The molecule has 6 aromatic carbocycles. The molecule has 0 spiro atoms. The molecule has 0 saturated carbocycles. The molecule has 3 aromatic heterocycles. The molecule has 12 rings (SSSR count). The molecule has 4 heterocycles. The van der Waals surface area contributed by atoms with Gasteiger partial charge < -0.3 is 18.3 Å². The highest BCUT2D eigenvalue weighted by molar-refractivity contribution is 6.16. The van der Waals surface area contributed by atoms with Gasteiger partial charge in [-0.05, 0) is 66.1 Å². The van der Waals surface area contributed by atoms with E-state index in [-0.39, 0.29) is 18.0 Å². The standard InChI is InChI=1S/C49H31N3O2/c50-28-29-20-21-32(43(22-29)52-42-17-6-2-13-34(42)38-25-40-36-15-4-8-19-47(36)54-49(40)27-45(38)52)30-10-9-11-31(23-30)51-41-16-5-1-12-33(41)37-24-39-35-14-3-7-18-46(35)53-48(39)26-44(37)51/h1-10,12-27,31,38,45H,11H2. The van der Waals surface area contributed by atoms with Crippen LogP contribution in [-0.2, 0) is 0 Å². The summed E-state index contributed by atoms with van der Waals surface area (Å²) in [5.41, 5.74) is 12.3. The number of aromatic nitrogens is 1. The van der Waals surface area contributed by atoms with Gasteiger partial charge in [0.15, 0.2) is 0 Å². The predicted octanol–water partition coefficient (Wildman–Crippen LogP) is 10.8. The lowest BCUT2D eigenvalue weighted by Crippen LogP contribution is -2.37. The zero-order valence-corrected chi connectivity index (χ0v) is 29.1. The van der Waals surface area contributed by atoms with Gasteiger partial charge in [0.2, 0.25) is 0 Å². The Balaban J connectivity index is 1.05. The monoisotopic (exact) mass is 693 g/mol. The van der Waals surface area contributed by atoms with Crippen molar-refractivity contribution >= 4 is 83.8 Å². The van der Waals surface area contributed by atoms with Crippen molar-refractivity contribution in [2.75, 3.05) is 4.90 Å². The first-order valence-corrected chi connectivity index (χ1v) is 18.6. The van der Waals surface area contributed by atoms with E-state index < -0.39 is 0 Å². The Morgan fingerprint density at radius 2 is 1.39 bits per heavy atom. The maximum atomic E-state index is 10.2. The number of nitriles is 1. The minimum atomic E-state index is -0.0179. The third kappa shape index (κ3) is 4.08. The summed E-state index contributed by atoms with van der Waals surface area (Å²) < 4.78 is 15.3. The van der Waals surface area contributed by atoms with E-state index in [0.717, 1.165) is 78.0 Å². The SMILES string of the molecule is N#Cc1ccc(C2=CC(n3c4ccccc4c4cc5c(cc43)oc3ccccc35)CC=C2)c(N2c3ccccc3C3C=c4c(oc5ccccc45)=CC32)c1. The minimum Gasteiger partial charge on any atom is -0.456 e. The number of hydrogen-bond donors (Lipinski definition) is 0. The summed E-state index contributed by atoms with van der Waals surface area (Å²) in [5, 5.41) is 17.2. The van der Waals surface area contributed by atoms with Crippen molar-refractivity contribution in [3.8, 4) is 6.07 Å². The van der Waals surface area contributed by atoms with Gasteiger partial charge in [0.1, 0.15) is 22.2 Å². The highest BCUT2D eigenvalue weighted by Gasteiger charge is 2.40. The molecule has 3 aliphatic rings. The second-order valence-corrected chi connectivity index (χ2v) is 14.7. The average Bonchev–Trinajstić information content (AvgIpc) is 3.96. The second-order valence-electron chi connectivity index (χ2n) is 14.7. The fraction of sp³-hybridized carbons (Fsp3) is 0.0816. The lowest BCUT2D eigenvalue weighted by Gasteiger charge is -2.31. The summed E-state index contributed by atoms with van der Waals surface area (Å²) in [7, 11) is 0. The minimum absolute atomic E-state index is 0.0179. The van der Waals surface area contributed by atoms with E-state index in [9.17, 15) is 5.26 Å². The number of anilines is 2. The van der Waals surface area contributed by atoms with E-state index in [1.54, 1.807) is 0 Å². The van der Waals surface area contributed by atoms with Crippen LogP contribution in [0.4, 0.5) is 11.4 Å². The van der Waals surface area contributed by atoms with Gasteiger partial charge in [-0.2, -0.15) is 5.26 Å². The van der Waals surface area contributed by atoms with Crippen LogP contribution in [0.15, 0.2) is 154 Å². The lowest BCUT2D eigenvalue weighted by molar-refractivity contribution is 0.567. The van der Waals surface area contributed by atoms with E-state index in [4.69, 9.17) is 8.83 Å². The second kappa shape index (κ2) is 11.0. The highest BCUT2D eigenvalue weighted by Crippen LogP contribution is 2.50. The Bertz CT molecular complexity index is 3310. The number of fused-ring (bicyclic) bond motifs is 12. The van der Waals surface area contributed by atoms with Gasteiger partial charge in [-0.15, -0.1) is 0 Å². The molecule has 254 valence electrons. The number of rotatable bonds is 3. The van der Waals surface area contributed by atoms with Crippen LogP contribution in [0.2, 0.25) is 0 Å². The summed E-state index contributed by atoms with van der Waals surface area (Å²) in [5.74, 6) is 0.129. The smallest absolute Gasteiger partial charge is 0.137 e. The summed E-state index contributed by atoms with van der Waals surface area (Å²) in [6.07, 6.45) is 12.5. The van der Waals surface area contributed by atoms with Crippen molar-refractivity contribution in [2.24, 2.45) is 0 Å². The van der Waals surface area contributed by atoms with Crippen LogP contribution in [0.5, 0.6) is 0 Å². The Kier molecular flexibility index (Phi) is 6.01. The highest BCUT2D eigenvalue weighted by atomic mass is 16.3. The molecule has 0 radical (unpaired) electrons. The number of nitrogens with zero attached hydrogens (tertiary/aromatic N) is 3. The lowest BCUT2D eigenvalue weighted by atomic mass is 9.90. The molecule has 0 saturated heterocycles. The molecular formula is C49H31N3O2. The van der Waals surface area contributed by atoms with Gasteiger partial charge in [0.05, 0.1) is 34.9 Å². The topological polar surface area (TPSA) is 58.2 Å². The van der Waals surface area contributed by atoms with Crippen molar-refractivity contribution < 1.29 is 8.83 Å². The Hall–Kier alpha value is -7.03. The molecule has 0 fully saturated rings. The van der Waals surface area contributed by atoms with Gasteiger partial charge in [-0.25, -0.2) is 0 Å². The number of allylic oxidation sites excluding steroid dienone is 4. The summed E-state index contributed by atoms with van der Waals surface area (Å²) in [4.78, 5) is 2.43. The van der Waals surface area contributed by atoms with Crippen LogP contribution in [-0.4, -0.2) is 10.6 Å². The third-order valence-electron chi connectivity index (χ3n) is 11.8. The van der Waals surface area contributed by atoms with Gasteiger partial charge in [0.25, 0.3) is 0 Å². The van der Waals surface area contributed by atoms with E-state index in [2.05, 4.69) is 143 Å². The first-order chi connectivity index (χ1) is 26.7. The van der Waals surface area contributed by atoms with Gasteiger partial charge in [0, 0.05) is 60.9 Å². The third-order valence-corrected chi connectivity index (χ3v) is 11.8. The average molecular weight is 694 g/mol. The Morgan fingerprint density at radius 3 is 2.28 bits per heavy atom. The molecule has 2 aliphatic carbocycles.